The zero-order valence-electron chi connectivity index (χ0n) is 7.96. The van der Waals surface area contributed by atoms with E-state index in [9.17, 15) is 4.39 Å². The first kappa shape index (κ1) is 10.1. The molecule has 0 fully saturated rings. The van der Waals surface area contributed by atoms with E-state index in [4.69, 9.17) is 4.74 Å². The van der Waals surface area contributed by atoms with E-state index in [2.05, 4.69) is 4.98 Å². The van der Waals surface area contributed by atoms with Crippen molar-refractivity contribution in [1.82, 2.24) is 4.98 Å². The Morgan fingerprint density at radius 3 is 2.92 bits per heavy atom. The van der Waals surface area contributed by atoms with Gasteiger partial charge in [-0.05, 0) is 26.0 Å². The van der Waals surface area contributed by atoms with Crippen LogP contribution in [0.4, 0.5) is 4.39 Å². The van der Waals surface area contributed by atoms with Gasteiger partial charge in [0.2, 0.25) is 0 Å². The highest BCUT2D eigenvalue weighted by molar-refractivity contribution is 5.06. The lowest BCUT2D eigenvalue weighted by Crippen LogP contribution is -2.07. The van der Waals surface area contributed by atoms with E-state index in [0.717, 1.165) is 0 Å². The van der Waals surface area contributed by atoms with Gasteiger partial charge in [-0.1, -0.05) is 0 Å². The molecule has 0 aromatic carbocycles. The second kappa shape index (κ2) is 4.92. The number of hydrogen-bond donors (Lipinski definition) is 0. The van der Waals surface area contributed by atoms with Crippen molar-refractivity contribution >= 4 is 0 Å². The van der Waals surface area contributed by atoms with Gasteiger partial charge in [-0.25, -0.2) is 4.39 Å². The topological polar surface area (TPSA) is 22.1 Å². The monoisotopic (exact) mass is 183 g/mol. The molecule has 2 nitrogen and oxygen atoms in total. The van der Waals surface area contributed by atoms with E-state index in [-0.39, 0.29) is 11.9 Å². The fraction of sp³-hybridized carbons (Fsp3) is 0.500. The summed E-state index contributed by atoms with van der Waals surface area (Å²) in [6, 6.07) is 3.00. The zero-order valence-corrected chi connectivity index (χ0v) is 7.96. The first-order valence-corrected chi connectivity index (χ1v) is 4.41. The summed E-state index contributed by atoms with van der Waals surface area (Å²) < 4.78 is 18.3. The van der Waals surface area contributed by atoms with Gasteiger partial charge in [-0.3, -0.25) is 4.98 Å². The molecule has 0 amide bonds. The minimum atomic E-state index is -0.255. The third-order valence-corrected chi connectivity index (χ3v) is 1.62. The molecule has 0 bridgehead atoms. The Morgan fingerprint density at radius 2 is 2.31 bits per heavy atom. The minimum Gasteiger partial charge on any atom is -0.378 e. The number of rotatable bonds is 4. The first-order chi connectivity index (χ1) is 6.20. The highest BCUT2D eigenvalue weighted by Crippen LogP contribution is 2.03. The minimum absolute atomic E-state index is 0.187. The molecular formula is C10H14FNO. The van der Waals surface area contributed by atoms with Crippen molar-refractivity contribution in [3.63, 3.8) is 0 Å². The lowest BCUT2D eigenvalue weighted by Gasteiger charge is -2.06. The third-order valence-electron chi connectivity index (χ3n) is 1.62. The van der Waals surface area contributed by atoms with Crippen LogP contribution in [0.2, 0.25) is 0 Å². The Labute approximate surface area is 77.8 Å². The molecule has 0 spiro atoms. The molecule has 1 aromatic heterocycles. The maximum atomic E-state index is 13.0. The normalized spacial score (nSPS) is 10.8. The highest BCUT2D eigenvalue weighted by Gasteiger charge is 2.02. The summed E-state index contributed by atoms with van der Waals surface area (Å²) in [7, 11) is 0. The van der Waals surface area contributed by atoms with Gasteiger partial charge in [-0.15, -0.1) is 0 Å². The lowest BCUT2D eigenvalue weighted by atomic mass is 10.3. The number of halogens is 1. The number of ether oxygens (including phenoxy) is 1. The molecule has 13 heavy (non-hydrogen) atoms. The van der Waals surface area contributed by atoms with Gasteiger partial charge in [0.15, 0.2) is 0 Å². The van der Waals surface area contributed by atoms with E-state index in [0.29, 0.717) is 18.7 Å². The Bertz CT molecular complexity index is 263. The second-order valence-electron chi connectivity index (χ2n) is 3.10. The molecule has 1 aromatic rings. The Kier molecular flexibility index (Phi) is 3.83. The van der Waals surface area contributed by atoms with Crippen LogP contribution in [0.5, 0.6) is 0 Å². The maximum Gasteiger partial charge on any atom is 0.144 e. The molecule has 0 N–H and O–H groups in total. The quantitative estimate of drug-likeness (QED) is 0.713. The fourth-order valence-electron chi connectivity index (χ4n) is 0.994. The molecule has 0 saturated carbocycles. The molecule has 0 atom stereocenters. The van der Waals surface area contributed by atoms with E-state index in [1.54, 1.807) is 12.3 Å². The second-order valence-corrected chi connectivity index (χ2v) is 3.10. The van der Waals surface area contributed by atoms with Crippen LogP contribution in [-0.2, 0) is 11.2 Å². The number of nitrogens with zero attached hydrogens (tertiary/aromatic N) is 1. The van der Waals surface area contributed by atoms with Crippen molar-refractivity contribution in [2.75, 3.05) is 6.61 Å². The Balaban J connectivity index is 2.41. The summed E-state index contributed by atoms with van der Waals surface area (Å²) >= 11 is 0. The Morgan fingerprint density at radius 1 is 1.54 bits per heavy atom. The summed E-state index contributed by atoms with van der Waals surface area (Å²) in [5, 5.41) is 0. The molecule has 0 aliphatic heterocycles. The van der Waals surface area contributed by atoms with Crippen LogP contribution in [0, 0.1) is 5.82 Å². The Hall–Kier alpha value is -0.960. The van der Waals surface area contributed by atoms with Crippen molar-refractivity contribution < 1.29 is 9.13 Å². The van der Waals surface area contributed by atoms with Gasteiger partial charge in [0.1, 0.15) is 5.82 Å². The molecule has 1 rings (SSSR count). The SMILES string of the molecule is CC(C)OCCc1ncccc1F. The predicted molar refractivity (Wildman–Crippen MR) is 49.0 cm³/mol. The number of pyridine rings is 1. The highest BCUT2D eigenvalue weighted by atomic mass is 19.1. The van der Waals surface area contributed by atoms with Crippen LogP contribution >= 0.6 is 0 Å². The summed E-state index contributed by atoms with van der Waals surface area (Å²) in [6.07, 6.45) is 2.31. The van der Waals surface area contributed by atoms with Crippen molar-refractivity contribution in [2.24, 2.45) is 0 Å². The van der Waals surface area contributed by atoms with Crippen molar-refractivity contribution in [3.05, 3.63) is 29.8 Å². The molecule has 0 unspecified atom stereocenters. The predicted octanol–water partition coefficient (Wildman–Crippen LogP) is 2.19. The molecule has 0 radical (unpaired) electrons. The zero-order chi connectivity index (χ0) is 9.68. The molecule has 3 heteroatoms. The van der Waals surface area contributed by atoms with Gasteiger partial charge >= 0.3 is 0 Å². The first-order valence-electron chi connectivity index (χ1n) is 4.41. The van der Waals surface area contributed by atoms with Crippen LogP contribution in [0.1, 0.15) is 19.5 Å². The average Bonchev–Trinajstić information content (AvgIpc) is 2.08. The van der Waals surface area contributed by atoms with Crippen LogP contribution < -0.4 is 0 Å². The standard InChI is InChI=1S/C10H14FNO/c1-8(2)13-7-5-10-9(11)4-3-6-12-10/h3-4,6,8H,5,7H2,1-2H3. The van der Waals surface area contributed by atoms with Crippen LogP contribution in [0.15, 0.2) is 18.3 Å². The van der Waals surface area contributed by atoms with Gasteiger partial charge < -0.3 is 4.74 Å². The number of aromatic nitrogens is 1. The molecule has 0 saturated heterocycles. The van der Waals surface area contributed by atoms with Crippen molar-refractivity contribution in [3.8, 4) is 0 Å². The largest absolute Gasteiger partial charge is 0.378 e. The van der Waals surface area contributed by atoms with E-state index < -0.39 is 0 Å². The fourth-order valence-corrected chi connectivity index (χ4v) is 0.994. The third kappa shape index (κ3) is 3.51. The molecule has 0 aliphatic rings. The average molecular weight is 183 g/mol. The smallest absolute Gasteiger partial charge is 0.144 e. The number of hydrogen-bond acceptors (Lipinski definition) is 2. The summed E-state index contributed by atoms with van der Waals surface area (Å²) in [5.41, 5.74) is 0.475. The van der Waals surface area contributed by atoms with E-state index in [1.807, 2.05) is 13.8 Å². The van der Waals surface area contributed by atoms with Gasteiger partial charge in [-0.2, -0.15) is 0 Å². The lowest BCUT2D eigenvalue weighted by molar-refractivity contribution is 0.0804. The molecule has 72 valence electrons. The van der Waals surface area contributed by atoms with Gasteiger partial charge in [0.25, 0.3) is 0 Å². The molecule has 1 heterocycles. The summed E-state index contributed by atoms with van der Waals surface area (Å²) in [4.78, 5) is 3.92. The van der Waals surface area contributed by atoms with Crippen molar-refractivity contribution in [1.29, 1.82) is 0 Å². The van der Waals surface area contributed by atoms with Gasteiger partial charge in [0.05, 0.1) is 18.4 Å². The van der Waals surface area contributed by atoms with Gasteiger partial charge in [0, 0.05) is 12.6 Å². The van der Waals surface area contributed by atoms with E-state index in [1.165, 1.54) is 6.07 Å². The van der Waals surface area contributed by atoms with Crippen LogP contribution in [0.3, 0.4) is 0 Å². The van der Waals surface area contributed by atoms with E-state index >= 15 is 0 Å². The van der Waals surface area contributed by atoms with Crippen molar-refractivity contribution in [2.45, 2.75) is 26.4 Å². The maximum absolute atomic E-state index is 13.0. The van der Waals surface area contributed by atoms with Crippen LogP contribution in [0.25, 0.3) is 0 Å². The van der Waals surface area contributed by atoms with Crippen LogP contribution in [-0.4, -0.2) is 17.7 Å². The summed E-state index contributed by atoms with van der Waals surface area (Å²) in [5.74, 6) is -0.255. The summed E-state index contributed by atoms with van der Waals surface area (Å²) in [6.45, 7) is 4.43. The molecular weight excluding hydrogens is 169 g/mol. The molecule has 0 aliphatic carbocycles.